The van der Waals surface area contributed by atoms with Crippen molar-refractivity contribution in [1.29, 1.82) is 0 Å². The predicted molar refractivity (Wildman–Crippen MR) is 107 cm³/mol. The maximum Gasteiger partial charge on any atom is 0.124 e. The van der Waals surface area contributed by atoms with E-state index in [1.165, 1.54) is 0 Å². The van der Waals surface area contributed by atoms with Crippen LogP contribution in [0, 0.1) is 0 Å². The second kappa shape index (κ2) is 10.8. The molecule has 0 aliphatic carbocycles. The van der Waals surface area contributed by atoms with Gasteiger partial charge in [-0.2, -0.15) is 0 Å². The van der Waals surface area contributed by atoms with Gasteiger partial charge in [0.15, 0.2) is 0 Å². The Balaban J connectivity index is 1.46. The standard InChI is InChI=1S/C22H29NO4/c1-2-24-14-15-26-22-8-4-3-6-18(22)16-23-19-9-11-20(12-10-19)27-17-21-7-5-13-25-21/h3-4,6,8-12,21,23H,2,5,7,13-17H2,1H3. The van der Waals surface area contributed by atoms with E-state index in [-0.39, 0.29) is 6.10 Å². The van der Waals surface area contributed by atoms with Crippen LogP contribution in [-0.4, -0.2) is 39.1 Å². The number of para-hydroxylation sites is 1. The highest BCUT2D eigenvalue weighted by atomic mass is 16.5. The molecule has 1 aliphatic heterocycles. The van der Waals surface area contributed by atoms with Gasteiger partial charge < -0.3 is 24.3 Å². The minimum atomic E-state index is 0.238. The van der Waals surface area contributed by atoms with Gasteiger partial charge in [0, 0.05) is 31.0 Å². The first-order valence-corrected chi connectivity index (χ1v) is 9.72. The van der Waals surface area contributed by atoms with Gasteiger partial charge in [-0.15, -0.1) is 0 Å². The predicted octanol–water partition coefficient (Wildman–Crippen LogP) is 4.27. The Labute approximate surface area is 161 Å². The summed E-state index contributed by atoms with van der Waals surface area (Å²) < 4.78 is 22.5. The summed E-state index contributed by atoms with van der Waals surface area (Å²) >= 11 is 0. The van der Waals surface area contributed by atoms with Crippen molar-refractivity contribution >= 4 is 5.69 Å². The van der Waals surface area contributed by atoms with Gasteiger partial charge in [-0.25, -0.2) is 0 Å². The van der Waals surface area contributed by atoms with Gasteiger partial charge in [0.2, 0.25) is 0 Å². The molecule has 0 aromatic heterocycles. The summed E-state index contributed by atoms with van der Waals surface area (Å²) in [5, 5.41) is 3.44. The summed E-state index contributed by atoms with van der Waals surface area (Å²) in [6, 6.07) is 16.1. The molecule has 1 fully saturated rings. The van der Waals surface area contributed by atoms with Crippen LogP contribution in [-0.2, 0) is 16.0 Å². The average molecular weight is 371 g/mol. The zero-order valence-corrected chi connectivity index (χ0v) is 16.0. The fourth-order valence-electron chi connectivity index (χ4n) is 2.98. The number of ether oxygens (including phenoxy) is 4. The first kappa shape index (κ1) is 19.5. The van der Waals surface area contributed by atoms with Crippen LogP contribution in [0.3, 0.4) is 0 Å². The Morgan fingerprint density at radius 1 is 1.04 bits per heavy atom. The molecule has 3 rings (SSSR count). The molecule has 5 nitrogen and oxygen atoms in total. The SMILES string of the molecule is CCOCCOc1ccccc1CNc1ccc(OCC2CCCO2)cc1. The topological polar surface area (TPSA) is 49.0 Å². The number of anilines is 1. The summed E-state index contributed by atoms with van der Waals surface area (Å²) in [5.41, 5.74) is 2.16. The van der Waals surface area contributed by atoms with Gasteiger partial charge in [0.05, 0.1) is 12.7 Å². The Bertz CT molecular complexity index is 668. The van der Waals surface area contributed by atoms with Gasteiger partial charge in [0.25, 0.3) is 0 Å². The zero-order chi connectivity index (χ0) is 18.7. The monoisotopic (exact) mass is 371 g/mol. The Morgan fingerprint density at radius 3 is 2.67 bits per heavy atom. The number of nitrogens with one attached hydrogen (secondary N) is 1. The van der Waals surface area contributed by atoms with Gasteiger partial charge in [-0.05, 0) is 50.1 Å². The normalized spacial score (nSPS) is 16.3. The minimum absolute atomic E-state index is 0.238. The van der Waals surface area contributed by atoms with Crippen molar-refractivity contribution in [3.8, 4) is 11.5 Å². The summed E-state index contributed by atoms with van der Waals surface area (Å²) in [6.07, 6.45) is 2.46. The lowest BCUT2D eigenvalue weighted by atomic mass is 10.2. The van der Waals surface area contributed by atoms with E-state index in [9.17, 15) is 0 Å². The smallest absolute Gasteiger partial charge is 0.124 e. The van der Waals surface area contributed by atoms with Crippen molar-refractivity contribution < 1.29 is 18.9 Å². The van der Waals surface area contributed by atoms with Crippen LogP contribution < -0.4 is 14.8 Å². The van der Waals surface area contributed by atoms with Gasteiger partial charge >= 0.3 is 0 Å². The summed E-state index contributed by atoms with van der Waals surface area (Å²) in [7, 11) is 0. The molecule has 0 radical (unpaired) electrons. The van der Waals surface area contributed by atoms with E-state index >= 15 is 0 Å². The number of benzene rings is 2. The highest BCUT2D eigenvalue weighted by Crippen LogP contribution is 2.22. The van der Waals surface area contributed by atoms with E-state index in [4.69, 9.17) is 18.9 Å². The summed E-state index contributed by atoms with van der Waals surface area (Å²) in [4.78, 5) is 0. The van der Waals surface area contributed by atoms with Crippen LogP contribution in [0.25, 0.3) is 0 Å². The van der Waals surface area contributed by atoms with Crippen LogP contribution in [0.4, 0.5) is 5.69 Å². The zero-order valence-electron chi connectivity index (χ0n) is 16.0. The fraction of sp³-hybridized carbons (Fsp3) is 0.455. The van der Waals surface area contributed by atoms with Crippen LogP contribution in [0.5, 0.6) is 11.5 Å². The van der Waals surface area contributed by atoms with Crippen molar-refractivity contribution in [3.63, 3.8) is 0 Å². The van der Waals surface area contributed by atoms with Crippen molar-refractivity contribution in [2.24, 2.45) is 0 Å². The third-order valence-electron chi connectivity index (χ3n) is 4.46. The highest BCUT2D eigenvalue weighted by Gasteiger charge is 2.15. The summed E-state index contributed by atoms with van der Waals surface area (Å²) in [5.74, 6) is 1.76. The Kier molecular flexibility index (Phi) is 7.81. The molecular weight excluding hydrogens is 342 g/mol. The molecule has 0 saturated carbocycles. The second-order valence-electron chi connectivity index (χ2n) is 6.48. The van der Waals surface area contributed by atoms with E-state index in [0.717, 1.165) is 42.2 Å². The summed E-state index contributed by atoms with van der Waals surface area (Å²) in [6.45, 7) is 6.03. The van der Waals surface area contributed by atoms with Crippen molar-refractivity contribution in [1.82, 2.24) is 0 Å². The number of hydrogen-bond donors (Lipinski definition) is 1. The largest absolute Gasteiger partial charge is 0.491 e. The van der Waals surface area contributed by atoms with E-state index in [1.54, 1.807) is 0 Å². The number of hydrogen-bond acceptors (Lipinski definition) is 5. The maximum absolute atomic E-state index is 5.83. The molecule has 0 bridgehead atoms. The van der Waals surface area contributed by atoms with E-state index in [1.807, 2.05) is 49.4 Å². The molecule has 1 aliphatic rings. The van der Waals surface area contributed by atoms with E-state index in [2.05, 4.69) is 11.4 Å². The quantitative estimate of drug-likeness (QED) is 0.598. The number of rotatable bonds is 11. The lowest BCUT2D eigenvalue weighted by Gasteiger charge is -2.14. The molecule has 0 spiro atoms. The Morgan fingerprint density at radius 2 is 1.89 bits per heavy atom. The molecule has 1 unspecified atom stereocenters. The van der Waals surface area contributed by atoms with E-state index in [0.29, 0.717) is 33.0 Å². The first-order chi connectivity index (χ1) is 13.3. The molecule has 2 aromatic carbocycles. The molecular formula is C22H29NO4. The van der Waals surface area contributed by atoms with Crippen LogP contribution in [0.15, 0.2) is 48.5 Å². The molecule has 1 atom stereocenters. The molecule has 0 amide bonds. The second-order valence-corrected chi connectivity index (χ2v) is 6.48. The van der Waals surface area contributed by atoms with Crippen LogP contribution in [0.2, 0.25) is 0 Å². The Hall–Kier alpha value is -2.24. The third-order valence-corrected chi connectivity index (χ3v) is 4.46. The third kappa shape index (κ3) is 6.45. The average Bonchev–Trinajstić information content (AvgIpc) is 3.23. The lowest BCUT2D eigenvalue weighted by Crippen LogP contribution is -2.16. The first-order valence-electron chi connectivity index (χ1n) is 9.72. The van der Waals surface area contributed by atoms with Crippen molar-refractivity contribution in [2.45, 2.75) is 32.4 Å². The van der Waals surface area contributed by atoms with Gasteiger partial charge in [-0.1, -0.05) is 18.2 Å². The highest BCUT2D eigenvalue weighted by molar-refractivity contribution is 5.48. The van der Waals surface area contributed by atoms with Gasteiger partial charge in [-0.3, -0.25) is 0 Å². The van der Waals surface area contributed by atoms with Crippen molar-refractivity contribution in [2.75, 3.05) is 38.4 Å². The molecule has 2 aromatic rings. The van der Waals surface area contributed by atoms with Crippen LogP contribution in [0.1, 0.15) is 25.3 Å². The lowest BCUT2D eigenvalue weighted by molar-refractivity contribution is 0.0679. The van der Waals surface area contributed by atoms with Crippen molar-refractivity contribution in [3.05, 3.63) is 54.1 Å². The molecule has 1 heterocycles. The molecule has 1 saturated heterocycles. The van der Waals surface area contributed by atoms with E-state index < -0.39 is 0 Å². The fourth-order valence-corrected chi connectivity index (χ4v) is 2.98. The minimum Gasteiger partial charge on any atom is -0.491 e. The molecule has 5 heteroatoms. The maximum atomic E-state index is 5.83. The molecule has 1 N–H and O–H groups in total. The molecule has 146 valence electrons. The van der Waals surface area contributed by atoms with Crippen LogP contribution >= 0.6 is 0 Å². The van der Waals surface area contributed by atoms with Gasteiger partial charge in [0.1, 0.15) is 24.7 Å². The molecule has 27 heavy (non-hydrogen) atoms.